The smallest absolute Gasteiger partial charge is 0.388 e. The van der Waals surface area contributed by atoms with Crippen molar-refractivity contribution in [3.8, 4) is 22.6 Å². The number of aromatic nitrogens is 4. The van der Waals surface area contributed by atoms with Crippen molar-refractivity contribution in [2.75, 3.05) is 0 Å². The molecule has 0 fully saturated rings. The second-order valence-electron chi connectivity index (χ2n) is 6.76. The number of rotatable bonds is 5. The molecule has 0 bridgehead atoms. The molecule has 0 aliphatic rings. The molecule has 0 saturated heterocycles. The van der Waals surface area contributed by atoms with E-state index < -0.39 is 5.76 Å². The highest BCUT2D eigenvalue weighted by Crippen LogP contribution is 2.30. The molecule has 4 aromatic rings. The van der Waals surface area contributed by atoms with E-state index in [0.717, 1.165) is 39.3 Å². The lowest BCUT2D eigenvalue weighted by Gasteiger charge is -2.10. The van der Waals surface area contributed by atoms with E-state index >= 15 is 0 Å². The summed E-state index contributed by atoms with van der Waals surface area (Å²) in [7, 11) is 1.55. The van der Waals surface area contributed by atoms with Gasteiger partial charge in [0, 0.05) is 19.0 Å². The van der Waals surface area contributed by atoms with E-state index in [4.69, 9.17) is 4.42 Å². The van der Waals surface area contributed by atoms with Crippen LogP contribution < -0.4 is 5.76 Å². The third-order valence-corrected chi connectivity index (χ3v) is 5.66. The summed E-state index contributed by atoms with van der Waals surface area (Å²) in [6, 6.07) is 13.7. The van der Waals surface area contributed by atoms with Gasteiger partial charge in [-0.15, -0.1) is 10.2 Å². The standard InChI is InChI=1S/C21H18N4O3S/c1-12-16(5-4-6-17(12)20-23-25(3)21(27)28-20)15-9-7-14(8-10-15)11-18(26)19-13(2)22-24-29-19/h4-10H,11H2,1-3H3. The fourth-order valence-electron chi connectivity index (χ4n) is 3.19. The van der Waals surface area contributed by atoms with E-state index in [1.807, 2.05) is 49.4 Å². The molecule has 7 nitrogen and oxygen atoms in total. The highest BCUT2D eigenvalue weighted by Gasteiger charge is 2.15. The lowest BCUT2D eigenvalue weighted by molar-refractivity contribution is 0.0996. The topological polar surface area (TPSA) is 90.9 Å². The summed E-state index contributed by atoms with van der Waals surface area (Å²) in [6.45, 7) is 3.76. The van der Waals surface area contributed by atoms with Crippen LogP contribution in [0.15, 0.2) is 51.7 Å². The molecule has 146 valence electrons. The number of carbonyl (C=O) groups excluding carboxylic acids is 1. The van der Waals surface area contributed by atoms with Gasteiger partial charge in [-0.25, -0.2) is 4.79 Å². The van der Waals surface area contributed by atoms with Gasteiger partial charge in [-0.2, -0.15) is 4.68 Å². The van der Waals surface area contributed by atoms with Gasteiger partial charge in [0.2, 0.25) is 5.89 Å². The molecular formula is C21H18N4O3S. The first-order valence-electron chi connectivity index (χ1n) is 8.99. The van der Waals surface area contributed by atoms with Gasteiger partial charge < -0.3 is 4.42 Å². The Bertz CT molecular complexity index is 1250. The molecule has 29 heavy (non-hydrogen) atoms. The Morgan fingerprint density at radius 2 is 1.83 bits per heavy atom. The van der Waals surface area contributed by atoms with Gasteiger partial charge in [-0.05, 0) is 53.7 Å². The van der Waals surface area contributed by atoms with Crippen molar-refractivity contribution in [3.05, 3.63) is 74.7 Å². The molecule has 0 radical (unpaired) electrons. The maximum atomic E-state index is 12.4. The lowest BCUT2D eigenvalue weighted by Crippen LogP contribution is -2.09. The Kier molecular flexibility index (Phi) is 4.94. The summed E-state index contributed by atoms with van der Waals surface area (Å²) >= 11 is 1.13. The van der Waals surface area contributed by atoms with Gasteiger partial charge in [-0.1, -0.05) is 40.9 Å². The first-order valence-corrected chi connectivity index (χ1v) is 9.77. The van der Waals surface area contributed by atoms with Crippen molar-refractivity contribution in [2.24, 2.45) is 7.05 Å². The van der Waals surface area contributed by atoms with Crippen LogP contribution in [0.2, 0.25) is 0 Å². The van der Waals surface area contributed by atoms with Gasteiger partial charge in [0.25, 0.3) is 0 Å². The predicted molar refractivity (Wildman–Crippen MR) is 110 cm³/mol. The average molecular weight is 406 g/mol. The van der Waals surface area contributed by atoms with Crippen LogP contribution in [0.3, 0.4) is 0 Å². The van der Waals surface area contributed by atoms with E-state index in [9.17, 15) is 9.59 Å². The molecule has 0 aliphatic heterocycles. The normalized spacial score (nSPS) is 11.0. The third-order valence-electron chi connectivity index (χ3n) is 4.79. The van der Waals surface area contributed by atoms with E-state index in [2.05, 4.69) is 14.7 Å². The van der Waals surface area contributed by atoms with Crippen molar-refractivity contribution < 1.29 is 9.21 Å². The highest BCUT2D eigenvalue weighted by atomic mass is 32.1. The van der Waals surface area contributed by atoms with Crippen molar-refractivity contribution >= 4 is 17.3 Å². The van der Waals surface area contributed by atoms with Crippen molar-refractivity contribution in [3.63, 3.8) is 0 Å². The van der Waals surface area contributed by atoms with Crippen LogP contribution in [0.4, 0.5) is 0 Å². The molecule has 0 amide bonds. The summed E-state index contributed by atoms with van der Waals surface area (Å²) in [5, 5.41) is 8.04. The van der Waals surface area contributed by atoms with Crippen LogP contribution in [-0.2, 0) is 13.5 Å². The number of Topliss-reactive ketones (excluding diaryl/α,β-unsaturated/α-hetero) is 1. The minimum absolute atomic E-state index is 0.0219. The van der Waals surface area contributed by atoms with E-state index in [1.54, 1.807) is 14.0 Å². The minimum Gasteiger partial charge on any atom is -0.388 e. The molecule has 2 aromatic heterocycles. The number of nitrogens with zero attached hydrogens (tertiary/aromatic N) is 4. The summed E-state index contributed by atoms with van der Waals surface area (Å²) in [6.07, 6.45) is 0.309. The summed E-state index contributed by atoms with van der Waals surface area (Å²) in [5.41, 5.74) is 5.35. The number of aryl methyl sites for hydroxylation is 2. The van der Waals surface area contributed by atoms with Gasteiger partial charge in [0.15, 0.2) is 5.78 Å². The van der Waals surface area contributed by atoms with Crippen molar-refractivity contribution in [1.82, 2.24) is 19.4 Å². The van der Waals surface area contributed by atoms with Crippen LogP contribution >= 0.6 is 11.5 Å². The zero-order valence-electron chi connectivity index (χ0n) is 16.2. The molecule has 0 atom stereocenters. The van der Waals surface area contributed by atoms with Crippen molar-refractivity contribution in [1.29, 1.82) is 0 Å². The lowest BCUT2D eigenvalue weighted by atomic mass is 9.95. The SMILES string of the molecule is Cc1nnsc1C(=O)Cc1ccc(-c2cccc(-c3nn(C)c(=O)o3)c2C)cc1. The Morgan fingerprint density at radius 1 is 1.10 bits per heavy atom. The molecule has 0 unspecified atom stereocenters. The van der Waals surface area contributed by atoms with Crippen LogP contribution in [-0.4, -0.2) is 25.2 Å². The van der Waals surface area contributed by atoms with Crippen LogP contribution in [0.5, 0.6) is 0 Å². The number of carbonyl (C=O) groups is 1. The van der Waals surface area contributed by atoms with Gasteiger partial charge >= 0.3 is 5.76 Å². The van der Waals surface area contributed by atoms with Crippen molar-refractivity contribution in [2.45, 2.75) is 20.3 Å². The maximum absolute atomic E-state index is 12.4. The van der Waals surface area contributed by atoms with Gasteiger partial charge in [0.1, 0.15) is 4.88 Å². The largest absolute Gasteiger partial charge is 0.437 e. The van der Waals surface area contributed by atoms with E-state index in [1.165, 1.54) is 4.68 Å². The quantitative estimate of drug-likeness (QED) is 0.470. The molecule has 4 rings (SSSR count). The zero-order chi connectivity index (χ0) is 20.5. The number of ketones is 1. The number of benzene rings is 2. The fraction of sp³-hybridized carbons (Fsp3) is 0.190. The van der Waals surface area contributed by atoms with E-state index in [-0.39, 0.29) is 5.78 Å². The van der Waals surface area contributed by atoms with E-state index in [0.29, 0.717) is 22.9 Å². The molecule has 0 N–H and O–H groups in total. The molecule has 2 heterocycles. The Labute approximate surface area is 170 Å². The summed E-state index contributed by atoms with van der Waals surface area (Å²) < 4.78 is 10.2. The molecule has 0 saturated carbocycles. The minimum atomic E-state index is -0.495. The molecule has 2 aromatic carbocycles. The first-order chi connectivity index (χ1) is 13.9. The highest BCUT2D eigenvalue weighted by molar-refractivity contribution is 7.08. The van der Waals surface area contributed by atoms with Crippen LogP contribution in [0.1, 0.15) is 26.5 Å². The summed E-state index contributed by atoms with van der Waals surface area (Å²) in [4.78, 5) is 24.6. The van der Waals surface area contributed by atoms with Crippen LogP contribution in [0, 0.1) is 13.8 Å². The maximum Gasteiger partial charge on any atom is 0.437 e. The second-order valence-corrected chi connectivity index (χ2v) is 7.51. The average Bonchev–Trinajstić information content (AvgIpc) is 3.28. The Hall–Kier alpha value is -3.39. The predicted octanol–water partition coefficient (Wildman–Crippen LogP) is 3.60. The third kappa shape index (κ3) is 3.66. The number of hydrogen-bond acceptors (Lipinski definition) is 7. The Morgan fingerprint density at radius 3 is 2.45 bits per heavy atom. The fourth-order valence-corrected chi connectivity index (χ4v) is 3.78. The molecule has 8 heteroatoms. The summed E-state index contributed by atoms with van der Waals surface area (Å²) in [5.74, 6) is -0.175. The number of hydrogen-bond donors (Lipinski definition) is 0. The first kappa shape index (κ1) is 18.9. The monoisotopic (exact) mass is 406 g/mol. The molecule has 0 aliphatic carbocycles. The zero-order valence-corrected chi connectivity index (χ0v) is 17.0. The second kappa shape index (κ2) is 7.56. The van der Waals surface area contributed by atoms with Gasteiger partial charge in [-0.3, -0.25) is 4.79 Å². The van der Waals surface area contributed by atoms with Gasteiger partial charge in [0.05, 0.1) is 5.69 Å². The Balaban J connectivity index is 1.61. The van der Waals surface area contributed by atoms with Crippen LogP contribution in [0.25, 0.3) is 22.6 Å². The molecule has 0 spiro atoms. The molecular weight excluding hydrogens is 388 g/mol.